The molecule has 1 saturated heterocycles. The molecule has 6 heteroatoms. The molecule has 1 aromatic rings. The van der Waals surface area contributed by atoms with Crippen LogP contribution in [0.15, 0.2) is 18.2 Å². The van der Waals surface area contributed by atoms with Crippen molar-refractivity contribution in [2.45, 2.75) is 12.5 Å². The van der Waals surface area contributed by atoms with E-state index in [4.69, 9.17) is 14.2 Å². The summed E-state index contributed by atoms with van der Waals surface area (Å²) in [6.45, 7) is 2.77. The lowest BCUT2D eigenvalue weighted by Gasteiger charge is -2.23. The van der Waals surface area contributed by atoms with Crippen LogP contribution in [-0.4, -0.2) is 52.5 Å². The van der Waals surface area contributed by atoms with E-state index in [1.165, 1.54) is 0 Å². The molecular weight excluding hydrogens is 272 g/mol. The van der Waals surface area contributed by atoms with Gasteiger partial charge >= 0.3 is 0 Å². The number of methoxy groups -OCH3 is 2. The standard InChI is InChI=1S/C15H22N2O4/c1-19-13-4-3-11(7-14(13)20-2)8-15(18)17-9-12-10-21-6-5-16-12/h3-4,7,12,16H,5-6,8-10H2,1-2H3,(H,17,18). The third kappa shape index (κ3) is 4.61. The quantitative estimate of drug-likeness (QED) is 0.792. The summed E-state index contributed by atoms with van der Waals surface area (Å²) in [5.74, 6) is 1.27. The summed E-state index contributed by atoms with van der Waals surface area (Å²) in [7, 11) is 3.17. The molecule has 0 bridgehead atoms. The van der Waals surface area contributed by atoms with Crippen molar-refractivity contribution in [1.29, 1.82) is 0 Å². The van der Waals surface area contributed by atoms with E-state index in [1.54, 1.807) is 20.3 Å². The Bertz CT molecular complexity index is 473. The molecule has 1 heterocycles. The minimum atomic E-state index is -0.0189. The fourth-order valence-corrected chi connectivity index (χ4v) is 2.23. The van der Waals surface area contributed by atoms with Gasteiger partial charge in [-0.1, -0.05) is 6.07 Å². The van der Waals surface area contributed by atoms with Crippen LogP contribution in [0.3, 0.4) is 0 Å². The van der Waals surface area contributed by atoms with Crippen molar-refractivity contribution in [1.82, 2.24) is 10.6 Å². The Balaban J connectivity index is 1.84. The van der Waals surface area contributed by atoms with E-state index < -0.39 is 0 Å². The van der Waals surface area contributed by atoms with Gasteiger partial charge in [0.05, 0.1) is 33.9 Å². The molecule has 2 N–H and O–H groups in total. The zero-order valence-corrected chi connectivity index (χ0v) is 12.5. The van der Waals surface area contributed by atoms with Crippen LogP contribution in [0, 0.1) is 0 Å². The van der Waals surface area contributed by atoms with E-state index in [2.05, 4.69) is 10.6 Å². The summed E-state index contributed by atoms with van der Waals surface area (Å²) in [6, 6.07) is 5.68. The Morgan fingerprint density at radius 3 is 2.86 bits per heavy atom. The molecule has 0 aliphatic carbocycles. The van der Waals surface area contributed by atoms with Crippen molar-refractivity contribution < 1.29 is 19.0 Å². The van der Waals surface area contributed by atoms with Crippen LogP contribution in [0.2, 0.25) is 0 Å². The van der Waals surface area contributed by atoms with E-state index in [9.17, 15) is 4.79 Å². The number of rotatable bonds is 6. The molecule has 0 aromatic heterocycles. The molecular formula is C15H22N2O4. The van der Waals surface area contributed by atoms with Crippen LogP contribution >= 0.6 is 0 Å². The SMILES string of the molecule is COc1ccc(CC(=O)NCC2COCCN2)cc1OC. The fourth-order valence-electron chi connectivity index (χ4n) is 2.23. The first-order valence-corrected chi connectivity index (χ1v) is 7.01. The van der Waals surface area contributed by atoms with E-state index in [0.717, 1.165) is 18.7 Å². The van der Waals surface area contributed by atoms with Crippen molar-refractivity contribution >= 4 is 5.91 Å². The van der Waals surface area contributed by atoms with E-state index >= 15 is 0 Å². The summed E-state index contributed by atoms with van der Waals surface area (Å²) >= 11 is 0. The van der Waals surface area contributed by atoms with E-state index in [1.807, 2.05) is 12.1 Å². The molecule has 0 saturated carbocycles. The zero-order valence-electron chi connectivity index (χ0n) is 12.5. The average molecular weight is 294 g/mol. The van der Waals surface area contributed by atoms with E-state index in [-0.39, 0.29) is 11.9 Å². The van der Waals surface area contributed by atoms with Gasteiger partial charge in [-0.2, -0.15) is 0 Å². The number of carbonyl (C=O) groups is 1. The molecule has 1 unspecified atom stereocenters. The Morgan fingerprint density at radius 1 is 1.38 bits per heavy atom. The summed E-state index contributed by atoms with van der Waals surface area (Å²) < 4.78 is 15.7. The summed E-state index contributed by atoms with van der Waals surface area (Å²) in [5, 5.41) is 6.21. The van der Waals surface area contributed by atoms with Gasteiger partial charge in [-0.25, -0.2) is 0 Å². The number of amides is 1. The highest BCUT2D eigenvalue weighted by molar-refractivity contribution is 5.78. The maximum atomic E-state index is 12.0. The lowest BCUT2D eigenvalue weighted by Crippen LogP contribution is -2.48. The zero-order chi connectivity index (χ0) is 15.1. The highest BCUT2D eigenvalue weighted by atomic mass is 16.5. The molecule has 116 valence electrons. The van der Waals surface area contributed by atoms with Crippen LogP contribution < -0.4 is 20.1 Å². The van der Waals surface area contributed by atoms with Crippen molar-refractivity contribution in [2.75, 3.05) is 40.5 Å². The molecule has 1 atom stereocenters. The predicted molar refractivity (Wildman–Crippen MR) is 78.9 cm³/mol. The number of hydrogen-bond acceptors (Lipinski definition) is 5. The molecule has 1 fully saturated rings. The Kier molecular flexibility index (Phi) is 5.83. The van der Waals surface area contributed by atoms with Gasteiger partial charge < -0.3 is 24.8 Å². The largest absolute Gasteiger partial charge is 0.493 e. The average Bonchev–Trinajstić information content (AvgIpc) is 2.53. The molecule has 1 aromatic carbocycles. The lowest BCUT2D eigenvalue weighted by atomic mass is 10.1. The second kappa shape index (κ2) is 7.85. The van der Waals surface area contributed by atoms with Gasteiger partial charge in [-0.05, 0) is 17.7 Å². The minimum Gasteiger partial charge on any atom is -0.493 e. The van der Waals surface area contributed by atoms with Crippen LogP contribution in [0.25, 0.3) is 0 Å². The Morgan fingerprint density at radius 2 is 2.19 bits per heavy atom. The van der Waals surface area contributed by atoms with Crippen molar-refractivity contribution in [3.05, 3.63) is 23.8 Å². The predicted octanol–water partition coefficient (Wildman–Crippen LogP) is 0.351. The molecule has 0 radical (unpaired) electrons. The van der Waals surface area contributed by atoms with Gasteiger partial charge in [0, 0.05) is 19.1 Å². The third-order valence-electron chi connectivity index (χ3n) is 3.36. The van der Waals surface area contributed by atoms with Gasteiger partial charge in [0.2, 0.25) is 5.91 Å². The molecule has 2 rings (SSSR count). The molecule has 6 nitrogen and oxygen atoms in total. The lowest BCUT2D eigenvalue weighted by molar-refractivity contribution is -0.120. The van der Waals surface area contributed by atoms with Crippen molar-refractivity contribution in [2.24, 2.45) is 0 Å². The topological polar surface area (TPSA) is 68.8 Å². The van der Waals surface area contributed by atoms with Crippen LogP contribution in [-0.2, 0) is 16.0 Å². The van der Waals surface area contributed by atoms with Gasteiger partial charge in [0.25, 0.3) is 0 Å². The number of benzene rings is 1. The van der Waals surface area contributed by atoms with Crippen molar-refractivity contribution in [3.8, 4) is 11.5 Å². The summed E-state index contributed by atoms with van der Waals surface area (Å²) in [6.07, 6.45) is 0.313. The van der Waals surface area contributed by atoms with Crippen molar-refractivity contribution in [3.63, 3.8) is 0 Å². The molecule has 0 spiro atoms. The molecule has 1 amide bonds. The summed E-state index contributed by atoms with van der Waals surface area (Å²) in [5.41, 5.74) is 0.887. The highest BCUT2D eigenvalue weighted by Crippen LogP contribution is 2.27. The smallest absolute Gasteiger partial charge is 0.224 e. The molecule has 1 aliphatic rings. The maximum absolute atomic E-state index is 12.0. The minimum absolute atomic E-state index is 0.0189. The van der Waals surface area contributed by atoms with Crippen LogP contribution in [0.4, 0.5) is 0 Å². The number of carbonyl (C=O) groups excluding carboxylic acids is 1. The molecule has 21 heavy (non-hydrogen) atoms. The Hall–Kier alpha value is -1.79. The summed E-state index contributed by atoms with van der Waals surface area (Å²) in [4.78, 5) is 12.0. The van der Waals surface area contributed by atoms with E-state index in [0.29, 0.717) is 31.1 Å². The first-order chi connectivity index (χ1) is 10.2. The number of ether oxygens (including phenoxy) is 3. The third-order valence-corrected chi connectivity index (χ3v) is 3.36. The Labute approximate surface area is 124 Å². The van der Waals surface area contributed by atoms with Gasteiger partial charge in [0.1, 0.15) is 0 Å². The second-order valence-corrected chi connectivity index (χ2v) is 4.90. The normalized spacial score (nSPS) is 18.1. The van der Waals surface area contributed by atoms with Gasteiger partial charge in [-0.3, -0.25) is 4.79 Å². The fraction of sp³-hybridized carbons (Fsp3) is 0.533. The number of nitrogens with one attached hydrogen (secondary N) is 2. The maximum Gasteiger partial charge on any atom is 0.224 e. The van der Waals surface area contributed by atoms with Crippen LogP contribution in [0.5, 0.6) is 11.5 Å². The van der Waals surface area contributed by atoms with Crippen LogP contribution in [0.1, 0.15) is 5.56 Å². The first kappa shape index (κ1) is 15.6. The highest BCUT2D eigenvalue weighted by Gasteiger charge is 2.14. The first-order valence-electron chi connectivity index (χ1n) is 7.01. The van der Waals surface area contributed by atoms with Gasteiger partial charge in [0.15, 0.2) is 11.5 Å². The molecule has 1 aliphatic heterocycles. The van der Waals surface area contributed by atoms with Gasteiger partial charge in [-0.15, -0.1) is 0 Å². The number of hydrogen-bond donors (Lipinski definition) is 2. The monoisotopic (exact) mass is 294 g/mol. The number of morpholine rings is 1. The second-order valence-electron chi connectivity index (χ2n) is 4.90.